The Bertz CT molecular complexity index is 860. The van der Waals surface area contributed by atoms with E-state index in [-0.39, 0.29) is 17.7 Å². The predicted molar refractivity (Wildman–Crippen MR) is 113 cm³/mol. The van der Waals surface area contributed by atoms with Gasteiger partial charge in [0.15, 0.2) is 0 Å². The van der Waals surface area contributed by atoms with Gasteiger partial charge in [-0.2, -0.15) is 0 Å². The zero-order valence-corrected chi connectivity index (χ0v) is 16.9. The van der Waals surface area contributed by atoms with E-state index in [0.717, 1.165) is 5.56 Å². The number of rotatable bonds is 5. The van der Waals surface area contributed by atoms with Gasteiger partial charge in [0.05, 0.1) is 10.0 Å². The van der Waals surface area contributed by atoms with E-state index in [0.29, 0.717) is 48.1 Å². The third-order valence-electron chi connectivity index (χ3n) is 4.87. The molecule has 1 aliphatic rings. The maximum atomic E-state index is 12.4. The van der Waals surface area contributed by atoms with Crippen molar-refractivity contribution < 1.29 is 9.59 Å². The number of hydrogen-bond acceptors (Lipinski definition) is 2. The van der Waals surface area contributed by atoms with Crippen molar-refractivity contribution in [3.05, 3.63) is 75.8 Å². The smallest absolute Gasteiger partial charge is 0.246 e. The molecule has 2 amide bonds. The standard InChI is InChI=1S/C22H22Cl2N2O2/c23-19-8-4-7-17(21(19)24)9-10-20(27)26-13-11-18(12-14-26)22(28)25-15-16-5-2-1-3-6-16/h1-10,18H,11-15H2,(H,25,28). The monoisotopic (exact) mass is 416 g/mol. The molecule has 1 aliphatic heterocycles. The molecule has 1 fully saturated rings. The van der Waals surface area contributed by atoms with Crippen LogP contribution >= 0.6 is 23.2 Å². The van der Waals surface area contributed by atoms with Crippen LogP contribution in [0.15, 0.2) is 54.6 Å². The quantitative estimate of drug-likeness (QED) is 0.726. The highest BCUT2D eigenvalue weighted by atomic mass is 35.5. The molecule has 2 aromatic rings. The van der Waals surface area contributed by atoms with Crippen molar-refractivity contribution in [2.24, 2.45) is 5.92 Å². The van der Waals surface area contributed by atoms with E-state index in [2.05, 4.69) is 5.32 Å². The van der Waals surface area contributed by atoms with Crippen molar-refractivity contribution in [1.29, 1.82) is 0 Å². The summed E-state index contributed by atoms with van der Waals surface area (Å²) in [5.74, 6) is -0.0875. The zero-order valence-electron chi connectivity index (χ0n) is 15.4. The Kier molecular flexibility index (Phi) is 7.12. The van der Waals surface area contributed by atoms with Crippen molar-refractivity contribution in [2.75, 3.05) is 13.1 Å². The number of hydrogen-bond donors (Lipinski definition) is 1. The fourth-order valence-corrected chi connectivity index (χ4v) is 3.58. The molecular formula is C22H22Cl2N2O2. The highest BCUT2D eigenvalue weighted by Crippen LogP contribution is 2.26. The molecule has 4 nitrogen and oxygen atoms in total. The lowest BCUT2D eigenvalue weighted by atomic mass is 9.95. The Morgan fingerprint density at radius 1 is 1.04 bits per heavy atom. The van der Waals surface area contributed by atoms with E-state index in [1.807, 2.05) is 30.3 Å². The van der Waals surface area contributed by atoms with Crippen LogP contribution < -0.4 is 5.32 Å². The van der Waals surface area contributed by atoms with Crippen molar-refractivity contribution in [3.8, 4) is 0 Å². The minimum atomic E-state index is -0.0841. The first-order valence-corrected chi connectivity index (χ1v) is 10.0. The number of piperidine rings is 1. The number of nitrogens with zero attached hydrogens (tertiary/aromatic N) is 1. The first-order valence-electron chi connectivity index (χ1n) is 9.27. The Morgan fingerprint density at radius 2 is 1.75 bits per heavy atom. The van der Waals surface area contributed by atoms with Gasteiger partial charge < -0.3 is 10.2 Å². The molecule has 3 rings (SSSR count). The highest BCUT2D eigenvalue weighted by molar-refractivity contribution is 6.42. The van der Waals surface area contributed by atoms with Crippen LogP contribution in [-0.4, -0.2) is 29.8 Å². The Balaban J connectivity index is 1.47. The summed E-state index contributed by atoms with van der Waals surface area (Å²) in [7, 11) is 0. The largest absolute Gasteiger partial charge is 0.352 e. The normalized spacial score (nSPS) is 15.0. The molecule has 0 atom stereocenters. The minimum absolute atomic E-state index is 0.0530. The Morgan fingerprint density at radius 3 is 2.46 bits per heavy atom. The van der Waals surface area contributed by atoms with Gasteiger partial charge >= 0.3 is 0 Å². The number of likely N-dealkylation sites (tertiary alicyclic amines) is 1. The van der Waals surface area contributed by atoms with Gasteiger partial charge in [-0.05, 0) is 36.1 Å². The van der Waals surface area contributed by atoms with Gasteiger partial charge in [0, 0.05) is 31.6 Å². The summed E-state index contributed by atoms with van der Waals surface area (Å²) >= 11 is 12.1. The van der Waals surface area contributed by atoms with Crippen LogP contribution in [-0.2, 0) is 16.1 Å². The molecule has 0 spiro atoms. The van der Waals surface area contributed by atoms with Crippen molar-refractivity contribution in [2.45, 2.75) is 19.4 Å². The molecule has 0 radical (unpaired) electrons. The van der Waals surface area contributed by atoms with E-state index in [1.54, 1.807) is 29.2 Å². The summed E-state index contributed by atoms with van der Waals surface area (Å²) < 4.78 is 0. The average molecular weight is 417 g/mol. The molecule has 1 saturated heterocycles. The van der Waals surface area contributed by atoms with Crippen molar-refractivity contribution in [1.82, 2.24) is 10.2 Å². The molecule has 28 heavy (non-hydrogen) atoms. The van der Waals surface area contributed by atoms with E-state index in [1.165, 1.54) is 6.08 Å². The van der Waals surface area contributed by atoms with Crippen LogP contribution in [0, 0.1) is 5.92 Å². The summed E-state index contributed by atoms with van der Waals surface area (Å²) in [6, 6.07) is 15.1. The van der Waals surface area contributed by atoms with Gasteiger partial charge in [-0.15, -0.1) is 0 Å². The fraction of sp³-hybridized carbons (Fsp3) is 0.273. The summed E-state index contributed by atoms with van der Waals surface area (Å²) in [5.41, 5.74) is 1.78. The van der Waals surface area contributed by atoms with E-state index in [4.69, 9.17) is 23.2 Å². The predicted octanol–water partition coefficient (Wildman–Crippen LogP) is 4.56. The molecule has 6 heteroatoms. The van der Waals surface area contributed by atoms with E-state index < -0.39 is 0 Å². The molecule has 1 heterocycles. The van der Waals surface area contributed by atoms with Gasteiger partial charge in [0.1, 0.15) is 0 Å². The zero-order chi connectivity index (χ0) is 19.9. The Hall–Kier alpha value is -2.30. The van der Waals surface area contributed by atoms with Gasteiger partial charge in [-0.3, -0.25) is 9.59 Å². The van der Waals surface area contributed by atoms with Crippen LogP contribution in [0.1, 0.15) is 24.0 Å². The second-order valence-corrected chi connectivity index (χ2v) is 7.56. The lowest BCUT2D eigenvalue weighted by Gasteiger charge is -2.30. The van der Waals surface area contributed by atoms with Crippen LogP contribution in [0.5, 0.6) is 0 Å². The first kappa shape index (κ1) is 20.4. The van der Waals surface area contributed by atoms with Crippen LogP contribution in [0.3, 0.4) is 0 Å². The topological polar surface area (TPSA) is 49.4 Å². The summed E-state index contributed by atoms with van der Waals surface area (Å²) in [5, 5.41) is 3.88. The van der Waals surface area contributed by atoms with E-state index in [9.17, 15) is 9.59 Å². The molecule has 0 bridgehead atoms. The van der Waals surface area contributed by atoms with Gasteiger partial charge in [-0.25, -0.2) is 0 Å². The number of amides is 2. The average Bonchev–Trinajstić information content (AvgIpc) is 2.73. The second-order valence-electron chi connectivity index (χ2n) is 6.78. The molecule has 146 valence electrons. The summed E-state index contributed by atoms with van der Waals surface area (Å²) in [4.78, 5) is 26.5. The lowest BCUT2D eigenvalue weighted by Crippen LogP contribution is -2.42. The van der Waals surface area contributed by atoms with Crippen molar-refractivity contribution in [3.63, 3.8) is 0 Å². The third kappa shape index (κ3) is 5.37. The first-order chi connectivity index (χ1) is 13.5. The third-order valence-corrected chi connectivity index (χ3v) is 5.71. The van der Waals surface area contributed by atoms with Crippen LogP contribution in [0.4, 0.5) is 0 Å². The molecule has 2 aromatic carbocycles. The van der Waals surface area contributed by atoms with Crippen molar-refractivity contribution >= 4 is 41.1 Å². The van der Waals surface area contributed by atoms with Gasteiger partial charge in [0.2, 0.25) is 11.8 Å². The van der Waals surface area contributed by atoms with E-state index >= 15 is 0 Å². The number of benzene rings is 2. The molecule has 0 saturated carbocycles. The molecular weight excluding hydrogens is 395 g/mol. The van der Waals surface area contributed by atoms with Gasteiger partial charge in [-0.1, -0.05) is 65.7 Å². The maximum absolute atomic E-state index is 12.4. The summed E-state index contributed by atoms with van der Waals surface area (Å²) in [6.07, 6.45) is 4.51. The maximum Gasteiger partial charge on any atom is 0.246 e. The number of carbonyl (C=O) groups excluding carboxylic acids is 2. The number of halogens is 2. The van der Waals surface area contributed by atoms with Crippen LogP contribution in [0.2, 0.25) is 10.0 Å². The van der Waals surface area contributed by atoms with Gasteiger partial charge in [0.25, 0.3) is 0 Å². The highest BCUT2D eigenvalue weighted by Gasteiger charge is 2.26. The number of carbonyl (C=O) groups is 2. The molecule has 1 N–H and O–H groups in total. The number of nitrogens with one attached hydrogen (secondary N) is 1. The lowest BCUT2D eigenvalue weighted by molar-refractivity contribution is -0.132. The summed E-state index contributed by atoms with van der Waals surface area (Å²) in [6.45, 7) is 1.66. The Labute approximate surface area is 175 Å². The molecule has 0 aliphatic carbocycles. The SMILES string of the molecule is O=C(NCc1ccccc1)C1CCN(C(=O)C=Cc2cccc(Cl)c2Cl)CC1. The minimum Gasteiger partial charge on any atom is -0.352 e. The molecule has 0 unspecified atom stereocenters. The molecule has 0 aromatic heterocycles. The van der Waals surface area contributed by atoms with Crippen LogP contribution in [0.25, 0.3) is 6.08 Å². The fourth-order valence-electron chi connectivity index (χ4n) is 3.21. The second kappa shape index (κ2) is 9.76.